The van der Waals surface area contributed by atoms with Crippen molar-refractivity contribution in [2.45, 2.75) is 62.9 Å². The Labute approximate surface area is 140 Å². The van der Waals surface area contributed by atoms with E-state index in [4.69, 9.17) is 14.7 Å². The van der Waals surface area contributed by atoms with Gasteiger partial charge in [0.05, 0.1) is 9.26 Å². The van der Waals surface area contributed by atoms with Gasteiger partial charge in [-0.2, -0.15) is 0 Å². The highest BCUT2D eigenvalue weighted by molar-refractivity contribution is 14.1. The van der Waals surface area contributed by atoms with Gasteiger partial charge in [-0.3, -0.25) is 0 Å². The van der Waals surface area contributed by atoms with Crippen molar-refractivity contribution in [1.82, 2.24) is 9.97 Å². The topological polar surface area (TPSA) is 47.0 Å². The van der Waals surface area contributed by atoms with E-state index in [1.165, 1.54) is 47.8 Å². The van der Waals surface area contributed by atoms with Crippen LogP contribution in [-0.2, 0) is 10.3 Å². The van der Waals surface area contributed by atoms with Crippen LogP contribution in [0.2, 0.25) is 0 Å². The SMILES string of the molecule is CNc1nc(C2(OC)CCCCCC2)nc(C2CC2)c1I. The maximum atomic E-state index is 5.98. The molecular weight excluding hydrogens is 377 g/mol. The second kappa shape index (κ2) is 6.36. The number of hydrogen-bond acceptors (Lipinski definition) is 4. The second-order valence-corrected chi connectivity index (χ2v) is 7.31. The average molecular weight is 401 g/mol. The summed E-state index contributed by atoms with van der Waals surface area (Å²) in [5.74, 6) is 2.49. The Morgan fingerprint density at radius 2 is 1.81 bits per heavy atom. The first-order chi connectivity index (χ1) is 10.2. The molecule has 1 aromatic rings. The van der Waals surface area contributed by atoms with Gasteiger partial charge in [0.2, 0.25) is 0 Å². The van der Waals surface area contributed by atoms with Crippen LogP contribution >= 0.6 is 22.6 Å². The summed E-state index contributed by atoms with van der Waals surface area (Å²) in [6, 6.07) is 0. The summed E-state index contributed by atoms with van der Waals surface area (Å²) in [5, 5.41) is 3.24. The molecule has 1 N–H and O–H groups in total. The van der Waals surface area contributed by atoms with Gasteiger partial charge in [-0.15, -0.1) is 0 Å². The molecule has 1 aromatic heterocycles. The molecule has 4 nitrogen and oxygen atoms in total. The number of nitrogens with zero attached hydrogens (tertiary/aromatic N) is 2. The number of hydrogen-bond donors (Lipinski definition) is 1. The Hall–Kier alpha value is -0.430. The first kappa shape index (κ1) is 15.5. The molecule has 5 heteroatoms. The molecule has 21 heavy (non-hydrogen) atoms. The number of anilines is 1. The molecule has 0 saturated heterocycles. The molecule has 2 fully saturated rings. The van der Waals surface area contributed by atoms with Gasteiger partial charge in [0, 0.05) is 20.1 Å². The molecule has 2 saturated carbocycles. The lowest BCUT2D eigenvalue weighted by molar-refractivity contribution is -0.0352. The quantitative estimate of drug-likeness (QED) is 0.607. The summed E-state index contributed by atoms with van der Waals surface area (Å²) in [7, 11) is 3.76. The van der Waals surface area contributed by atoms with Crippen LogP contribution in [0, 0.1) is 3.57 Å². The normalized spacial score (nSPS) is 21.9. The number of methoxy groups -OCH3 is 1. The average Bonchev–Trinajstić information content (AvgIpc) is 3.34. The van der Waals surface area contributed by atoms with Crippen LogP contribution in [0.3, 0.4) is 0 Å². The van der Waals surface area contributed by atoms with Gasteiger partial charge in [0.15, 0.2) is 5.82 Å². The lowest BCUT2D eigenvalue weighted by atomic mass is 9.93. The van der Waals surface area contributed by atoms with Gasteiger partial charge in [-0.25, -0.2) is 9.97 Å². The maximum Gasteiger partial charge on any atom is 0.162 e. The van der Waals surface area contributed by atoms with E-state index in [1.54, 1.807) is 0 Å². The fourth-order valence-corrected chi connectivity index (χ4v) is 4.23. The highest BCUT2D eigenvalue weighted by atomic mass is 127. The smallest absolute Gasteiger partial charge is 0.162 e. The van der Waals surface area contributed by atoms with Crippen molar-refractivity contribution >= 4 is 28.4 Å². The number of rotatable bonds is 4. The maximum absolute atomic E-state index is 5.98. The number of ether oxygens (including phenoxy) is 1. The van der Waals surface area contributed by atoms with Crippen LogP contribution in [0.5, 0.6) is 0 Å². The fourth-order valence-electron chi connectivity index (χ4n) is 3.28. The van der Waals surface area contributed by atoms with Crippen molar-refractivity contribution < 1.29 is 4.74 Å². The zero-order valence-corrected chi connectivity index (χ0v) is 15.1. The minimum atomic E-state index is -0.282. The second-order valence-electron chi connectivity index (χ2n) is 6.23. The lowest BCUT2D eigenvalue weighted by Gasteiger charge is -2.30. The van der Waals surface area contributed by atoms with E-state index in [0.717, 1.165) is 24.5 Å². The van der Waals surface area contributed by atoms with Gasteiger partial charge in [0.25, 0.3) is 0 Å². The third-order valence-electron chi connectivity index (χ3n) is 4.79. The summed E-state index contributed by atoms with van der Waals surface area (Å²) in [6.45, 7) is 0. The molecule has 1 heterocycles. The number of nitrogens with one attached hydrogen (secondary N) is 1. The van der Waals surface area contributed by atoms with Crippen molar-refractivity contribution in [3.05, 3.63) is 15.1 Å². The highest BCUT2D eigenvalue weighted by Gasteiger charge is 2.38. The highest BCUT2D eigenvalue weighted by Crippen LogP contribution is 2.44. The molecule has 0 aromatic carbocycles. The predicted octanol–water partition coefficient (Wildman–Crippen LogP) is 4.20. The van der Waals surface area contributed by atoms with Crippen LogP contribution in [0.25, 0.3) is 0 Å². The molecule has 0 unspecified atom stereocenters. The number of aromatic nitrogens is 2. The Morgan fingerprint density at radius 1 is 1.14 bits per heavy atom. The van der Waals surface area contributed by atoms with E-state index in [9.17, 15) is 0 Å². The van der Waals surface area contributed by atoms with Crippen LogP contribution < -0.4 is 5.32 Å². The largest absolute Gasteiger partial charge is 0.372 e. The van der Waals surface area contributed by atoms with Gasteiger partial charge in [-0.05, 0) is 48.3 Å². The summed E-state index contributed by atoms with van der Waals surface area (Å²) >= 11 is 2.38. The van der Waals surface area contributed by atoms with Crippen LogP contribution in [0.15, 0.2) is 0 Å². The molecule has 0 atom stereocenters. The van der Waals surface area contributed by atoms with E-state index >= 15 is 0 Å². The summed E-state index contributed by atoms with van der Waals surface area (Å²) in [6.07, 6.45) is 9.60. The molecule has 2 aliphatic rings. The molecule has 116 valence electrons. The summed E-state index contributed by atoms with van der Waals surface area (Å²) < 4.78 is 7.17. The number of halogens is 1. The zero-order chi connectivity index (χ0) is 14.9. The Kier molecular flexibility index (Phi) is 4.69. The van der Waals surface area contributed by atoms with Crippen molar-refractivity contribution in [2.75, 3.05) is 19.5 Å². The minimum Gasteiger partial charge on any atom is -0.372 e. The monoisotopic (exact) mass is 401 g/mol. The van der Waals surface area contributed by atoms with Crippen LogP contribution in [0.1, 0.15) is 68.8 Å². The lowest BCUT2D eigenvalue weighted by Crippen LogP contribution is -2.31. The molecule has 3 rings (SSSR count). The van der Waals surface area contributed by atoms with Crippen molar-refractivity contribution in [2.24, 2.45) is 0 Å². The summed E-state index contributed by atoms with van der Waals surface area (Å²) in [4.78, 5) is 9.78. The standard InChI is InChI=1S/C16H24IN3O/c1-18-14-12(17)13(11-7-8-11)19-15(20-14)16(21-2)9-5-3-4-6-10-16/h11H,3-10H2,1-2H3,(H,18,19,20). The van der Waals surface area contributed by atoms with Crippen molar-refractivity contribution in [3.8, 4) is 0 Å². The zero-order valence-electron chi connectivity index (χ0n) is 12.9. The predicted molar refractivity (Wildman–Crippen MR) is 92.7 cm³/mol. The molecule has 0 aliphatic heterocycles. The van der Waals surface area contributed by atoms with E-state index in [-0.39, 0.29) is 5.60 Å². The van der Waals surface area contributed by atoms with E-state index in [2.05, 4.69) is 27.9 Å². The molecule has 0 bridgehead atoms. The van der Waals surface area contributed by atoms with Crippen LogP contribution in [0.4, 0.5) is 5.82 Å². The first-order valence-electron chi connectivity index (χ1n) is 8.01. The summed E-state index contributed by atoms with van der Waals surface area (Å²) in [5.41, 5.74) is 0.946. The Morgan fingerprint density at radius 3 is 2.33 bits per heavy atom. The van der Waals surface area contributed by atoms with Gasteiger partial charge in [-0.1, -0.05) is 25.7 Å². The van der Waals surface area contributed by atoms with Gasteiger partial charge < -0.3 is 10.1 Å². The Balaban J connectivity index is 2.04. The van der Waals surface area contributed by atoms with E-state index in [1.807, 2.05) is 14.2 Å². The Bertz CT molecular complexity index is 508. The van der Waals surface area contributed by atoms with Gasteiger partial charge in [0.1, 0.15) is 11.4 Å². The molecule has 0 radical (unpaired) electrons. The molecule has 0 spiro atoms. The van der Waals surface area contributed by atoms with Crippen molar-refractivity contribution in [3.63, 3.8) is 0 Å². The third-order valence-corrected chi connectivity index (χ3v) is 5.85. The first-order valence-corrected chi connectivity index (χ1v) is 9.09. The third kappa shape index (κ3) is 3.04. The van der Waals surface area contributed by atoms with E-state index < -0.39 is 0 Å². The molecular formula is C16H24IN3O. The van der Waals surface area contributed by atoms with Gasteiger partial charge >= 0.3 is 0 Å². The molecule has 2 aliphatic carbocycles. The van der Waals surface area contributed by atoms with Crippen LogP contribution in [-0.4, -0.2) is 24.1 Å². The fraction of sp³-hybridized carbons (Fsp3) is 0.750. The molecule has 0 amide bonds. The minimum absolute atomic E-state index is 0.282. The van der Waals surface area contributed by atoms with Crippen molar-refractivity contribution in [1.29, 1.82) is 0 Å². The van der Waals surface area contributed by atoms with E-state index in [0.29, 0.717) is 5.92 Å².